The molecule has 0 unspecified atom stereocenters. The molecule has 0 spiro atoms. The lowest BCUT2D eigenvalue weighted by Crippen LogP contribution is -2.38. The van der Waals surface area contributed by atoms with Crippen LogP contribution in [-0.4, -0.2) is 61.9 Å². The maximum atomic E-state index is 12.5. The lowest BCUT2D eigenvalue weighted by Gasteiger charge is -2.26. The number of phenols is 1. The van der Waals surface area contributed by atoms with E-state index in [1.807, 2.05) is 18.2 Å². The van der Waals surface area contributed by atoms with Gasteiger partial charge >= 0.3 is 0 Å². The second-order valence-corrected chi connectivity index (χ2v) is 7.14. The minimum Gasteiger partial charge on any atom is -0.507 e. The fraction of sp³-hybridized carbons (Fsp3) is 0.500. The lowest BCUT2D eigenvalue weighted by molar-refractivity contribution is 0.0374. The average molecular weight is 386 g/mol. The number of rotatable bonds is 9. The summed E-state index contributed by atoms with van der Waals surface area (Å²) in [4.78, 5) is 14.9. The summed E-state index contributed by atoms with van der Waals surface area (Å²) < 4.78 is 11.1. The Hall–Kier alpha value is -2.31. The average Bonchev–Trinajstić information content (AvgIpc) is 2.71. The van der Waals surface area contributed by atoms with Crippen LogP contribution in [0.5, 0.6) is 11.5 Å². The molecule has 28 heavy (non-hydrogen) atoms. The number of amides is 1. The molecule has 3 rings (SSSR count). The molecular weight excluding hydrogens is 356 g/mol. The molecular formula is C22H30N2O4. The third kappa shape index (κ3) is 5.59. The standard InChI is InChI=1S/C22H30N2O4/c1-2-3-11-28-19-6-5-17-16-21(25)20(15-18(17)14-19)22(26)23-7-4-8-24-9-12-27-13-10-24/h5-6,14-16,25H,2-4,7-13H2,1H3,(H,23,26). The number of hydrogen-bond donors (Lipinski definition) is 2. The molecule has 1 amide bonds. The minimum absolute atomic E-state index is 0.00201. The van der Waals surface area contributed by atoms with Gasteiger partial charge in [-0.05, 0) is 54.4 Å². The Balaban J connectivity index is 1.58. The highest BCUT2D eigenvalue weighted by Gasteiger charge is 2.14. The molecule has 0 aliphatic carbocycles. The van der Waals surface area contributed by atoms with E-state index >= 15 is 0 Å². The SMILES string of the molecule is CCCCOc1ccc2cc(O)c(C(=O)NCCCN3CCOCC3)cc2c1. The number of ether oxygens (including phenoxy) is 2. The molecule has 2 aromatic rings. The Morgan fingerprint density at radius 3 is 2.79 bits per heavy atom. The first kappa shape index (κ1) is 20.4. The van der Waals surface area contributed by atoms with Gasteiger partial charge in [-0.25, -0.2) is 0 Å². The second kappa shape index (κ2) is 10.3. The molecule has 0 bridgehead atoms. The van der Waals surface area contributed by atoms with Crippen molar-refractivity contribution in [1.82, 2.24) is 10.2 Å². The Labute approximate surface area is 166 Å². The largest absolute Gasteiger partial charge is 0.507 e. The third-order valence-corrected chi connectivity index (χ3v) is 4.98. The summed E-state index contributed by atoms with van der Waals surface area (Å²) in [7, 11) is 0. The Morgan fingerprint density at radius 1 is 1.18 bits per heavy atom. The lowest BCUT2D eigenvalue weighted by atomic mass is 10.0. The van der Waals surface area contributed by atoms with Crippen LogP contribution in [0.3, 0.4) is 0 Å². The zero-order chi connectivity index (χ0) is 19.8. The summed E-state index contributed by atoms with van der Waals surface area (Å²) in [6, 6.07) is 9.07. The molecule has 2 aromatic carbocycles. The van der Waals surface area contributed by atoms with Gasteiger partial charge in [0.25, 0.3) is 5.91 Å². The van der Waals surface area contributed by atoms with Gasteiger partial charge in [0.1, 0.15) is 11.5 Å². The maximum Gasteiger partial charge on any atom is 0.255 e. The first-order chi connectivity index (χ1) is 13.7. The summed E-state index contributed by atoms with van der Waals surface area (Å²) in [6.07, 6.45) is 2.96. The van der Waals surface area contributed by atoms with Crippen molar-refractivity contribution >= 4 is 16.7 Å². The molecule has 1 saturated heterocycles. The van der Waals surface area contributed by atoms with Crippen LogP contribution in [0.25, 0.3) is 10.8 Å². The topological polar surface area (TPSA) is 71.0 Å². The Kier molecular flexibility index (Phi) is 7.51. The van der Waals surface area contributed by atoms with Gasteiger partial charge in [0.2, 0.25) is 0 Å². The van der Waals surface area contributed by atoms with Crippen LogP contribution in [0.4, 0.5) is 0 Å². The molecule has 6 nitrogen and oxygen atoms in total. The first-order valence-electron chi connectivity index (χ1n) is 10.1. The highest BCUT2D eigenvalue weighted by Crippen LogP contribution is 2.28. The van der Waals surface area contributed by atoms with Crippen LogP contribution < -0.4 is 10.1 Å². The summed E-state index contributed by atoms with van der Waals surface area (Å²) in [6.45, 7) is 7.77. The summed E-state index contributed by atoms with van der Waals surface area (Å²) in [5.74, 6) is 0.528. The fourth-order valence-corrected chi connectivity index (χ4v) is 3.29. The van der Waals surface area contributed by atoms with Crippen molar-refractivity contribution in [3.8, 4) is 11.5 Å². The first-order valence-corrected chi connectivity index (χ1v) is 10.1. The van der Waals surface area contributed by atoms with E-state index in [2.05, 4.69) is 17.1 Å². The van der Waals surface area contributed by atoms with Gasteiger partial charge in [-0.15, -0.1) is 0 Å². The predicted octanol–water partition coefficient (Wildman–Crippen LogP) is 3.18. The van der Waals surface area contributed by atoms with Crippen molar-refractivity contribution in [2.45, 2.75) is 26.2 Å². The summed E-state index contributed by atoms with van der Waals surface area (Å²) in [5, 5.41) is 14.9. The van der Waals surface area contributed by atoms with Crippen LogP contribution >= 0.6 is 0 Å². The van der Waals surface area contributed by atoms with Gasteiger partial charge in [0.05, 0.1) is 25.4 Å². The maximum absolute atomic E-state index is 12.5. The van der Waals surface area contributed by atoms with Crippen molar-refractivity contribution in [2.75, 3.05) is 46.0 Å². The number of carbonyl (C=O) groups excluding carboxylic acids is 1. The van der Waals surface area contributed by atoms with Gasteiger partial charge < -0.3 is 19.9 Å². The molecule has 0 saturated carbocycles. The normalized spacial score (nSPS) is 14.9. The predicted molar refractivity (Wildman–Crippen MR) is 110 cm³/mol. The zero-order valence-corrected chi connectivity index (χ0v) is 16.6. The highest BCUT2D eigenvalue weighted by molar-refractivity contribution is 6.01. The van der Waals surface area contributed by atoms with E-state index in [-0.39, 0.29) is 11.7 Å². The van der Waals surface area contributed by atoms with E-state index in [9.17, 15) is 9.90 Å². The fourth-order valence-electron chi connectivity index (χ4n) is 3.29. The van der Waals surface area contributed by atoms with E-state index in [1.165, 1.54) is 0 Å². The molecule has 1 fully saturated rings. The molecule has 6 heteroatoms. The number of unbranched alkanes of at least 4 members (excludes halogenated alkanes) is 1. The summed E-state index contributed by atoms with van der Waals surface area (Å²) >= 11 is 0. The highest BCUT2D eigenvalue weighted by atomic mass is 16.5. The third-order valence-electron chi connectivity index (χ3n) is 4.98. The smallest absolute Gasteiger partial charge is 0.255 e. The van der Waals surface area contributed by atoms with Crippen molar-refractivity contribution in [1.29, 1.82) is 0 Å². The zero-order valence-electron chi connectivity index (χ0n) is 16.6. The number of fused-ring (bicyclic) bond motifs is 1. The Bertz CT molecular complexity index is 787. The van der Waals surface area contributed by atoms with Crippen LogP contribution in [-0.2, 0) is 4.74 Å². The number of phenolic OH excluding ortho intramolecular Hbond substituents is 1. The van der Waals surface area contributed by atoms with Gasteiger partial charge in [-0.3, -0.25) is 9.69 Å². The van der Waals surface area contributed by atoms with Crippen LogP contribution in [0.2, 0.25) is 0 Å². The van der Waals surface area contributed by atoms with Crippen LogP contribution in [0, 0.1) is 0 Å². The number of nitrogens with zero attached hydrogens (tertiary/aromatic N) is 1. The quantitative estimate of drug-likeness (QED) is 0.648. The number of morpholine rings is 1. The molecule has 1 aliphatic rings. The number of nitrogens with one attached hydrogen (secondary N) is 1. The van der Waals surface area contributed by atoms with Crippen LogP contribution in [0.1, 0.15) is 36.5 Å². The van der Waals surface area contributed by atoms with E-state index in [1.54, 1.807) is 12.1 Å². The van der Waals surface area contributed by atoms with Crippen LogP contribution in [0.15, 0.2) is 30.3 Å². The molecule has 0 atom stereocenters. The number of carbonyl (C=O) groups is 1. The van der Waals surface area contributed by atoms with Crippen molar-refractivity contribution in [3.63, 3.8) is 0 Å². The molecule has 2 N–H and O–H groups in total. The number of aromatic hydroxyl groups is 1. The molecule has 0 radical (unpaired) electrons. The van der Waals surface area contributed by atoms with Crippen molar-refractivity contribution in [2.24, 2.45) is 0 Å². The summed E-state index contributed by atoms with van der Waals surface area (Å²) in [5.41, 5.74) is 0.296. The van der Waals surface area contributed by atoms with E-state index in [0.717, 1.165) is 68.6 Å². The minimum atomic E-state index is -0.251. The van der Waals surface area contributed by atoms with E-state index < -0.39 is 0 Å². The molecule has 152 valence electrons. The second-order valence-electron chi connectivity index (χ2n) is 7.14. The Morgan fingerprint density at radius 2 is 2.00 bits per heavy atom. The molecule has 0 aromatic heterocycles. The monoisotopic (exact) mass is 386 g/mol. The van der Waals surface area contributed by atoms with Crippen molar-refractivity contribution in [3.05, 3.63) is 35.9 Å². The number of hydrogen-bond acceptors (Lipinski definition) is 5. The number of benzene rings is 2. The van der Waals surface area contributed by atoms with Gasteiger partial charge in [-0.1, -0.05) is 19.4 Å². The van der Waals surface area contributed by atoms with E-state index in [0.29, 0.717) is 18.7 Å². The van der Waals surface area contributed by atoms with Gasteiger partial charge in [0.15, 0.2) is 0 Å². The van der Waals surface area contributed by atoms with E-state index in [4.69, 9.17) is 9.47 Å². The molecule has 1 aliphatic heterocycles. The van der Waals surface area contributed by atoms with Crippen molar-refractivity contribution < 1.29 is 19.4 Å². The van der Waals surface area contributed by atoms with Gasteiger partial charge in [-0.2, -0.15) is 0 Å². The van der Waals surface area contributed by atoms with Gasteiger partial charge in [0, 0.05) is 19.6 Å². The molecule has 1 heterocycles.